The zero-order valence-electron chi connectivity index (χ0n) is 1.72. The fourth-order valence-corrected chi connectivity index (χ4v) is 0. The molecule has 0 aromatic rings. The van der Waals surface area contributed by atoms with E-state index >= 15 is 0 Å². The van der Waals surface area contributed by atoms with Crippen molar-refractivity contribution in [2.75, 3.05) is 0 Å². The van der Waals surface area contributed by atoms with E-state index in [1.165, 1.54) is 0 Å². The summed E-state index contributed by atoms with van der Waals surface area (Å²) >= 11 is 0. The fraction of sp³-hybridized carbons (Fsp3) is 0. The van der Waals surface area contributed by atoms with Crippen molar-refractivity contribution in [3.63, 3.8) is 0 Å². The molecule has 0 aliphatic heterocycles. The molecule has 4 heteroatoms. The molecule has 0 amide bonds. The summed E-state index contributed by atoms with van der Waals surface area (Å²) in [4.78, 5) is 0. The van der Waals surface area contributed by atoms with Crippen molar-refractivity contribution >= 4 is 60.9 Å². The third kappa shape index (κ3) is 9.40. The Balaban J connectivity index is 0. The topological polar surface area (TPSA) is 0 Å². The van der Waals surface area contributed by atoms with Crippen LogP contribution in [0.3, 0.4) is 0 Å². The van der Waals surface area contributed by atoms with Gasteiger partial charge < -0.3 is 0 Å². The molecule has 0 aromatic heterocycles. The van der Waals surface area contributed by atoms with E-state index in [9.17, 15) is 0 Å². The average Bonchev–Trinajstić information content (AvgIpc) is 0. The van der Waals surface area contributed by atoms with E-state index in [4.69, 9.17) is 0 Å². The molecular formula is H5Cl3Te. The van der Waals surface area contributed by atoms with Crippen molar-refractivity contribution in [1.29, 1.82) is 0 Å². The van der Waals surface area contributed by atoms with Gasteiger partial charge in [0.25, 0.3) is 0 Å². The number of hydrogen-bond donors (Lipinski definition) is 0. The first-order chi connectivity index (χ1) is 0. The summed E-state index contributed by atoms with van der Waals surface area (Å²) in [5, 5.41) is 0. The molecule has 0 aliphatic rings. The zero-order valence-corrected chi connectivity index (χ0v) is 7.03. The Morgan fingerprint density at radius 1 is 0.500 bits per heavy atom. The van der Waals surface area contributed by atoms with E-state index < -0.39 is 0 Å². The van der Waals surface area contributed by atoms with Crippen LogP contribution in [0.25, 0.3) is 0 Å². The van der Waals surface area contributed by atoms with Crippen LogP contribution in [0.2, 0.25) is 0 Å². The normalized spacial score (nSPS) is 0. The number of hydrogen-bond acceptors (Lipinski definition) is 0. The van der Waals surface area contributed by atoms with Crippen LogP contribution in [0.1, 0.15) is 0 Å². The molecule has 0 heterocycles. The number of rotatable bonds is 0. The monoisotopic (exact) mass is 240 g/mol. The van der Waals surface area contributed by atoms with E-state index in [0.717, 1.165) is 0 Å². The molecule has 0 radical (unpaired) electrons. The molecule has 32 valence electrons. The fourth-order valence-electron chi connectivity index (χ4n) is 0. The Bertz CT molecular complexity index is 3.25. The third-order valence-corrected chi connectivity index (χ3v) is 0. The van der Waals surface area contributed by atoms with Crippen LogP contribution in [0, 0.1) is 0 Å². The van der Waals surface area contributed by atoms with Crippen LogP contribution in [-0.2, 0) is 0 Å². The van der Waals surface area contributed by atoms with Gasteiger partial charge in [-0.1, -0.05) is 0 Å². The first-order valence-corrected chi connectivity index (χ1v) is 0. The van der Waals surface area contributed by atoms with Gasteiger partial charge >= 0.3 is 23.7 Å². The molecule has 0 aromatic carbocycles. The second-order valence-corrected chi connectivity index (χ2v) is 0. The van der Waals surface area contributed by atoms with Crippen molar-refractivity contribution < 1.29 is 0 Å². The van der Waals surface area contributed by atoms with Crippen LogP contribution in [0.5, 0.6) is 0 Å². The molecule has 0 nitrogen and oxygen atoms in total. The van der Waals surface area contributed by atoms with Crippen molar-refractivity contribution in [2.24, 2.45) is 0 Å². The summed E-state index contributed by atoms with van der Waals surface area (Å²) in [6, 6.07) is 0. The van der Waals surface area contributed by atoms with Crippen molar-refractivity contribution in [1.82, 2.24) is 0 Å². The van der Waals surface area contributed by atoms with Crippen molar-refractivity contribution in [2.45, 2.75) is 0 Å². The molecule has 0 aliphatic carbocycles. The standard InChI is InChI=1S/3ClH.H2Te/h3*1H;1H2. The Kier molecular flexibility index (Phi) is 253. The molecule has 0 bridgehead atoms. The Labute approximate surface area is 60.7 Å². The van der Waals surface area contributed by atoms with Crippen LogP contribution >= 0.6 is 37.2 Å². The Hall–Kier alpha value is 1.66. The molecular weight excluding hydrogens is 234 g/mol. The molecule has 0 fully saturated rings. The average molecular weight is 239 g/mol. The van der Waals surface area contributed by atoms with E-state index in [-0.39, 0.29) is 60.9 Å². The quantitative estimate of drug-likeness (QED) is 0.535. The number of halogens is 3. The molecule has 0 rings (SSSR count). The first kappa shape index (κ1) is 44.6. The van der Waals surface area contributed by atoms with Crippen molar-refractivity contribution in [3.8, 4) is 0 Å². The van der Waals surface area contributed by atoms with Gasteiger partial charge in [-0.2, -0.15) is 0 Å². The van der Waals surface area contributed by atoms with Gasteiger partial charge in [-0.25, -0.2) is 0 Å². The predicted octanol–water partition coefficient (Wildman–Crippen LogP) is 0.349. The SMILES string of the molecule is Cl.Cl.Cl.[TeH2]. The van der Waals surface area contributed by atoms with E-state index in [1.807, 2.05) is 0 Å². The van der Waals surface area contributed by atoms with Gasteiger partial charge in [0.1, 0.15) is 0 Å². The Morgan fingerprint density at radius 3 is 0.500 bits per heavy atom. The zero-order chi connectivity index (χ0) is 0. The second kappa shape index (κ2) is 22.7. The second-order valence-electron chi connectivity index (χ2n) is 0. The predicted molar refractivity (Wildman–Crippen MR) is 30.3 cm³/mol. The van der Waals surface area contributed by atoms with Crippen LogP contribution in [-0.4, -0.2) is 23.7 Å². The summed E-state index contributed by atoms with van der Waals surface area (Å²) in [6.07, 6.45) is 0. The van der Waals surface area contributed by atoms with Crippen LogP contribution in [0.15, 0.2) is 0 Å². The van der Waals surface area contributed by atoms with Gasteiger partial charge in [-0.15, -0.1) is 37.2 Å². The molecule has 0 saturated carbocycles. The minimum atomic E-state index is 0. The van der Waals surface area contributed by atoms with E-state index in [1.54, 1.807) is 0 Å². The molecule has 0 atom stereocenters. The molecule has 4 heavy (non-hydrogen) atoms. The van der Waals surface area contributed by atoms with Gasteiger partial charge in [0.2, 0.25) is 0 Å². The van der Waals surface area contributed by atoms with Gasteiger partial charge in [-0.3, -0.25) is 0 Å². The van der Waals surface area contributed by atoms with E-state index in [0.29, 0.717) is 0 Å². The summed E-state index contributed by atoms with van der Waals surface area (Å²) in [5.74, 6) is 0. The van der Waals surface area contributed by atoms with Gasteiger partial charge in [0.15, 0.2) is 0 Å². The van der Waals surface area contributed by atoms with Gasteiger partial charge in [-0.05, 0) is 0 Å². The maximum atomic E-state index is 0. The summed E-state index contributed by atoms with van der Waals surface area (Å²) < 4.78 is 0. The molecule has 0 saturated heterocycles. The summed E-state index contributed by atoms with van der Waals surface area (Å²) in [7, 11) is 0. The molecule has 0 spiro atoms. The van der Waals surface area contributed by atoms with Crippen LogP contribution < -0.4 is 0 Å². The van der Waals surface area contributed by atoms with Gasteiger partial charge in [0.05, 0.1) is 0 Å². The molecule has 0 N–H and O–H groups in total. The minimum absolute atomic E-state index is 0. The van der Waals surface area contributed by atoms with Crippen LogP contribution in [0.4, 0.5) is 0 Å². The summed E-state index contributed by atoms with van der Waals surface area (Å²) in [5.41, 5.74) is 0. The van der Waals surface area contributed by atoms with Gasteiger partial charge in [0, 0.05) is 0 Å². The maximum absolute atomic E-state index is 0. The van der Waals surface area contributed by atoms with E-state index in [2.05, 4.69) is 0 Å². The first-order valence-electron chi connectivity index (χ1n) is 0. The van der Waals surface area contributed by atoms with Crippen molar-refractivity contribution in [3.05, 3.63) is 0 Å². The summed E-state index contributed by atoms with van der Waals surface area (Å²) in [6.45, 7) is 0. The third-order valence-electron chi connectivity index (χ3n) is 0. The molecule has 0 unspecified atom stereocenters. The Morgan fingerprint density at radius 2 is 0.500 bits per heavy atom.